The zero-order valence-electron chi connectivity index (χ0n) is 10.9. The van der Waals surface area contributed by atoms with Crippen LogP contribution in [0.2, 0.25) is 0 Å². The summed E-state index contributed by atoms with van der Waals surface area (Å²) >= 11 is 0. The lowest BCUT2D eigenvalue weighted by Crippen LogP contribution is -2.19. The number of aryl methyl sites for hydroxylation is 2. The second-order valence-electron chi connectivity index (χ2n) is 6.07. The van der Waals surface area contributed by atoms with Crippen molar-refractivity contribution < 1.29 is 0 Å². The van der Waals surface area contributed by atoms with Gasteiger partial charge in [-0.1, -0.05) is 26.0 Å². The minimum absolute atomic E-state index is 0.215. The topological polar surface area (TPSA) is 26.0 Å². The highest BCUT2D eigenvalue weighted by Gasteiger charge is 2.28. The summed E-state index contributed by atoms with van der Waals surface area (Å²) in [7, 11) is 0. The summed E-state index contributed by atoms with van der Waals surface area (Å²) < 4.78 is 0. The third-order valence-corrected chi connectivity index (χ3v) is 4.00. The first-order chi connectivity index (χ1) is 7.41. The van der Waals surface area contributed by atoms with Crippen molar-refractivity contribution in [1.82, 2.24) is 0 Å². The molecule has 0 aromatic heterocycles. The van der Waals surface area contributed by atoms with E-state index in [4.69, 9.17) is 5.73 Å². The Morgan fingerprint density at radius 1 is 1.19 bits per heavy atom. The average Bonchev–Trinajstić information content (AvgIpc) is 2.29. The molecule has 0 spiro atoms. The SMILES string of the molecule is Cc1ccc(C)c2c1CCC(C)(C)CC2N. The standard InChI is InChI=1S/C15H23N/c1-10-5-6-11(2)14-12(10)7-8-15(3,4)9-13(14)16/h5-6,13H,7-9,16H2,1-4H3. The average molecular weight is 217 g/mol. The first-order valence-corrected chi connectivity index (χ1v) is 6.25. The van der Waals surface area contributed by atoms with E-state index in [9.17, 15) is 0 Å². The fourth-order valence-corrected chi connectivity index (χ4v) is 3.00. The van der Waals surface area contributed by atoms with Gasteiger partial charge >= 0.3 is 0 Å². The molecule has 1 atom stereocenters. The molecule has 1 unspecified atom stereocenters. The van der Waals surface area contributed by atoms with Gasteiger partial charge in [0.2, 0.25) is 0 Å². The molecule has 88 valence electrons. The number of nitrogens with two attached hydrogens (primary N) is 1. The molecule has 0 saturated carbocycles. The lowest BCUT2D eigenvalue weighted by molar-refractivity contribution is 0.293. The minimum atomic E-state index is 0.215. The number of fused-ring (bicyclic) bond motifs is 1. The smallest absolute Gasteiger partial charge is 0.0305 e. The molecule has 0 bridgehead atoms. The molecule has 0 radical (unpaired) electrons. The minimum Gasteiger partial charge on any atom is -0.324 e. The van der Waals surface area contributed by atoms with Gasteiger partial charge in [-0.3, -0.25) is 0 Å². The van der Waals surface area contributed by atoms with Crippen LogP contribution in [0.25, 0.3) is 0 Å². The van der Waals surface area contributed by atoms with E-state index in [1.54, 1.807) is 0 Å². The van der Waals surface area contributed by atoms with E-state index < -0.39 is 0 Å². The van der Waals surface area contributed by atoms with E-state index in [0.29, 0.717) is 5.41 Å². The third kappa shape index (κ3) is 2.01. The maximum Gasteiger partial charge on any atom is 0.0305 e. The van der Waals surface area contributed by atoms with Gasteiger partial charge in [-0.2, -0.15) is 0 Å². The van der Waals surface area contributed by atoms with E-state index in [1.165, 1.54) is 35.1 Å². The van der Waals surface area contributed by atoms with Gasteiger partial charge < -0.3 is 5.73 Å². The lowest BCUT2D eigenvalue weighted by atomic mass is 9.83. The largest absolute Gasteiger partial charge is 0.324 e. The molecule has 2 rings (SSSR count). The first kappa shape index (κ1) is 11.7. The van der Waals surface area contributed by atoms with Crippen LogP contribution in [0.5, 0.6) is 0 Å². The zero-order valence-corrected chi connectivity index (χ0v) is 10.9. The van der Waals surface area contributed by atoms with E-state index >= 15 is 0 Å². The Morgan fingerprint density at radius 3 is 2.50 bits per heavy atom. The molecule has 2 N–H and O–H groups in total. The number of hydrogen-bond acceptors (Lipinski definition) is 1. The number of benzene rings is 1. The maximum atomic E-state index is 6.39. The van der Waals surface area contributed by atoms with E-state index in [0.717, 1.165) is 6.42 Å². The van der Waals surface area contributed by atoms with Crippen LogP contribution in [0.3, 0.4) is 0 Å². The maximum absolute atomic E-state index is 6.39. The highest BCUT2D eigenvalue weighted by molar-refractivity contribution is 5.43. The molecular formula is C15H23N. The van der Waals surface area contributed by atoms with Crippen LogP contribution in [0, 0.1) is 19.3 Å². The molecule has 1 aromatic carbocycles. The van der Waals surface area contributed by atoms with Crippen LogP contribution in [-0.2, 0) is 6.42 Å². The Labute approximate surface area is 99.0 Å². The van der Waals surface area contributed by atoms with Gasteiger partial charge in [0.1, 0.15) is 0 Å². The van der Waals surface area contributed by atoms with Crippen molar-refractivity contribution in [2.75, 3.05) is 0 Å². The Balaban J connectivity index is 2.52. The van der Waals surface area contributed by atoms with Gasteiger partial charge in [-0.25, -0.2) is 0 Å². The van der Waals surface area contributed by atoms with Gasteiger partial charge in [0.15, 0.2) is 0 Å². The quantitative estimate of drug-likeness (QED) is 0.659. The summed E-state index contributed by atoms with van der Waals surface area (Å²) in [5.41, 5.74) is 12.5. The summed E-state index contributed by atoms with van der Waals surface area (Å²) in [4.78, 5) is 0. The molecule has 0 amide bonds. The Bertz CT molecular complexity index is 404. The van der Waals surface area contributed by atoms with Gasteiger partial charge in [-0.05, 0) is 60.8 Å². The fourth-order valence-electron chi connectivity index (χ4n) is 3.00. The van der Waals surface area contributed by atoms with Gasteiger partial charge in [0, 0.05) is 6.04 Å². The predicted molar refractivity (Wildman–Crippen MR) is 69.6 cm³/mol. The highest BCUT2D eigenvalue weighted by atomic mass is 14.7. The molecule has 1 nitrogen and oxygen atoms in total. The summed E-state index contributed by atoms with van der Waals surface area (Å²) in [5.74, 6) is 0. The predicted octanol–water partition coefficient (Wildman–Crippen LogP) is 3.67. The molecular weight excluding hydrogens is 194 g/mol. The van der Waals surface area contributed by atoms with Gasteiger partial charge in [0.05, 0.1) is 0 Å². The molecule has 0 heterocycles. The van der Waals surface area contributed by atoms with Crippen molar-refractivity contribution in [3.8, 4) is 0 Å². The van der Waals surface area contributed by atoms with Crippen LogP contribution in [0.15, 0.2) is 12.1 Å². The summed E-state index contributed by atoms with van der Waals surface area (Å²) in [6.45, 7) is 9.08. The molecule has 1 aliphatic rings. The van der Waals surface area contributed by atoms with Crippen molar-refractivity contribution >= 4 is 0 Å². The Hall–Kier alpha value is -0.820. The van der Waals surface area contributed by atoms with E-state index in [2.05, 4.69) is 39.8 Å². The summed E-state index contributed by atoms with van der Waals surface area (Å²) in [5, 5.41) is 0. The second-order valence-corrected chi connectivity index (χ2v) is 6.07. The van der Waals surface area contributed by atoms with Crippen molar-refractivity contribution in [3.05, 3.63) is 34.4 Å². The van der Waals surface area contributed by atoms with E-state index in [-0.39, 0.29) is 6.04 Å². The fraction of sp³-hybridized carbons (Fsp3) is 0.600. The van der Waals surface area contributed by atoms with Crippen molar-refractivity contribution in [2.24, 2.45) is 11.1 Å². The van der Waals surface area contributed by atoms with E-state index in [1.807, 2.05) is 0 Å². The number of hydrogen-bond donors (Lipinski definition) is 1. The summed E-state index contributed by atoms with van der Waals surface area (Å²) in [6.07, 6.45) is 3.53. The molecule has 0 saturated heterocycles. The van der Waals surface area contributed by atoms with Gasteiger partial charge in [0.25, 0.3) is 0 Å². The summed E-state index contributed by atoms with van der Waals surface area (Å²) in [6, 6.07) is 4.67. The van der Waals surface area contributed by atoms with Crippen LogP contribution in [0.4, 0.5) is 0 Å². The van der Waals surface area contributed by atoms with Crippen LogP contribution < -0.4 is 5.73 Å². The second kappa shape index (κ2) is 3.89. The normalized spacial score (nSPS) is 23.7. The zero-order chi connectivity index (χ0) is 11.9. The molecule has 0 aliphatic heterocycles. The molecule has 1 heteroatoms. The molecule has 0 fully saturated rings. The van der Waals surface area contributed by atoms with Crippen LogP contribution in [0.1, 0.15) is 55.0 Å². The lowest BCUT2D eigenvalue weighted by Gasteiger charge is -2.25. The van der Waals surface area contributed by atoms with Gasteiger partial charge in [-0.15, -0.1) is 0 Å². The Morgan fingerprint density at radius 2 is 1.81 bits per heavy atom. The van der Waals surface area contributed by atoms with Crippen molar-refractivity contribution in [3.63, 3.8) is 0 Å². The molecule has 1 aliphatic carbocycles. The van der Waals surface area contributed by atoms with Crippen molar-refractivity contribution in [1.29, 1.82) is 0 Å². The molecule has 1 aromatic rings. The van der Waals surface area contributed by atoms with Crippen molar-refractivity contribution in [2.45, 2.75) is 53.0 Å². The first-order valence-electron chi connectivity index (χ1n) is 6.25. The van der Waals surface area contributed by atoms with Crippen LogP contribution in [-0.4, -0.2) is 0 Å². The highest BCUT2D eigenvalue weighted by Crippen LogP contribution is 2.40. The monoisotopic (exact) mass is 217 g/mol. The Kier molecular flexibility index (Phi) is 2.83. The van der Waals surface area contributed by atoms with Crippen LogP contribution >= 0.6 is 0 Å². The number of rotatable bonds is 0. The third-order valence-electron chi connectivity index (χ3n) is 4.00. The molecule has 16 heavy (non-hydrogen) atoms.